The fourth-order valence-corrected chi connectivity index (χ4v) is 2.63. The van der Waals surface area contributed by atoms with Gasteiger partial charge in [0.05, 0.1) is 5.56 Å². The van der Waals surface area contributed by atoms with Gasteiger partial charge in [-0.25, -0.2) is 4.39 Å². The van der Waals surface area contributed by atoms with E-state index >= 15 is 0 Å². The van der Waals surface area contributed by atoms with Gasteiger partial charge in [-0.2, -0.15) is 13.2 Å². The van der Waals surface area contributed by atoms with Crippen LogP contribution in [0.1, 0.15) is 43.2 Å². The fraction of sp³-hybridized carbons (Fsp3) is 0.538. The maximum absolute atomic E-state index is 13.2. The Balaban J connectivity index is 2.51. The average molecular weight is 261 g/mol. The monoisotopic (exact) mass is 261 g/mol. The molecule has 0 aliphatic heterocycles. The molecule has 5 heteroatoms. The Labute approximate surface area is 103 Å². The normalized spacial score (nSPS) is 19.8. The van der Waals surface area contributed by atoms with Gasteiger partial charge < -0.3 is 5.73 Å². The molecular weight excluding hydrogens is 246 g/mol. The van der Waals surface area contributed by atoms with Crippen molar-refractivity contribution in [3.8, 4) is 0 Å². The smallest absolute Gasteiger partial charge is 0.321 e. The van der Waals surface area contributed by atoms with Gasteiger partial charge in [-0.15, -0.1) is 0 Å². The first-order valence-corrected chi connectivity index (χ1v) is 5.99. The highest BCUT2D eigenvalue weighted by Gasteiger charge is 2.40. The molecule has 0 heterocycles. The van der Waals surface area contributed by atoms with Gasteiger partial charge in [-0.1, -0.05) is 19.3 Å². The van der Waals surface area contributed by atoms with E-state index in [1.165, 1.54) is 0 Å². The summed E-state index contributed by atoms with van der Waals surface area (Å²) < 4.78 is 52.0. The van der Waals surface area contributed by atoms with Crippen LogP contribution in [-0.2, 0) is 11.7 Å². The van der Waals surface area contributed by atoms with Crippen molar-refractivity contribution in [2.75, 3.05) is 0 Å². The topological polar surface area (TPSA) is 26.0 Å². The molecule has 18 heavy (non-hydrogen) atoms. The van der Waals surface area contributed by atoms with Gasteiger partial charge in [0, 0.05) is 5.54 Å². The van der Waals surface area contributed by atoms with Gasteiger partial charge in [-0.3, -0.25) is 0 Å². The molecule has 1 nitrogen and oxygen atoms in total. The molecule has 0 unspecified atom stereocenters. The molecule has 1 fully saturated rings. The van der Waals surface area contributed by atoms with Crippen LogP contribution in [0.5, 0.6) is 0 Å². The van der Waals surface area contributed by atoms with Crippen LogP contribution in [0, 0.1) is 5.82 Å². The minimum atomic E-state index is -4.49. The molecule has 0 saturated heterocycles. The molecule has 0 aromatic heterocycles. The maximum atomic E-state index is 13.2. The molecule has 0 bridgehead atoms. The van der Waals surface area contributed by atoms with E-state index in [0.29, 0.717) is 12.8 Å². The summed E-state index contributed by atoms with van der Waals surface area (Å²) in [5, 5.41) is 0. The quantitative estimate of drug-likeness (QED) is 0.761. The van der Waals surface area contributed by atoms with E-state index < -0.39 is 23.1 Å². The van der Waals surface area contributed by atoms with Crippen LogP contribution < -0.4 is 5.73 Å². The van der Waals surface area contributed by atoms with Crippen LogP contribution in [0.4, 0.5) is 17.6 Å². The molecule has 100 valence electrons. The number of halogens is 4. The lowest BCUT2D eigenvalue weighted by Gasteiger charge is -2.35. The third-order valence-electron chi connectivity index (χ3n) is 3.57. The lowest BCUT2D eigenvalue weighted by atomic mass is 9.75. The zero-order chi connectivity index (χ0) is 13.4. The second kappa shape index (κ2) is 4.53. The van der Waals surface area contributed by atoms with Crippen LogP contribution >= 0.6 is 0 Å². The average Bonchev–Trinajstić information content (AvgIpc) is 2.28. The number of alkyl halides is 3. The van der Waals surface area contributed by atoms with Crippen molar-refractivity contribution in [2.45, 2.75) is 43.8 Å². The summed E-state index contributed by atoms with van der Waals surface area (Å²) in [6.45, 7) is 0. The Morgan fingerprint density at radius 3 is 2.22 bits per heavy atom. The predicted octanol–water partition coefficient (Wildman–Crippen LogP) is 3.96. The van der Waals surface area contributed by atoms with E-state index in [0.717, 1.165) is 37.5 Å². The van der Waals surface area contributed by atoms with Crippen molar-refractivity contribution in [3.63, 3.8) is 0 Å². The predicted molar refractivity (Wildman–Crippen MR) is 60.4 cm³/mol. The molecule has 1 aromatic carbocycles. The fourth-order valence-electron chi connectivity index (χ4n) is 2.63. The summed E-state index contributed by atoms with van der Waals surface area (Å²) in [5.74, 6) is -0.673. The largest absolute Gasteiger partial charge is 0.416 e. The number of nitrogens with two attached hydrogens (primary N) is 1. The molecule has 0 radical (unpaired) electrons. The zero-order valence-electron chi connectivity index (χ0n) is 9.86. The summed E-state index contributed by atoms with van der Waals surface area (Å²) >= 11 is 0. The highest BCUT2D eigenvalue weighted by Crippen LogP contribution is 2.42. The van der Waals surface area contributed by atoms with Gasteiger partial charge in [-0.05, 0) is 36.6 Å². The van der Waals surface area contributed by atoms with Crippen molar-refractivity contribution in [3.05, 3.63) is 35.1 Å². The number of benzene rings is 1. The van der Waals surface area contributed by atoms with E-state index in [1.807, 2.05) is 0 Å². The Morgan fingerprint density at radius 2 is 1.67 bits per heavy atom. The molecule has 1 aliphatic carbocycles. The molecule has 1 aliphatic rings. The first-order chi connectivity index (χ1) is 8.33. The van der Waals surface area contributed by atoms with E-state index in [2.05, 4.69) is 0 Å². The van der Waals surface area contributed by atoms with Gasteiger partial charge in [0.2, 0.25) is 0 Å². The van der Waals surface area contributed by atoms with E-state index in [4.69, 9.17) is 5.73 Å². The van der Waals surface area contributed by atoms with Crippen molar-refractivity contribution in [1.82, 2.24) is 0 Å². The van der Waals surface area contributed by atoms with Crippen LogP contribution in [0.15, 0.2) is 18.2 Å². The van der Waals surface area contributed by atoms with Crippen molar-refractivity contribution in [2.24, 2.45) is 5.73 Å². The molecule has 1 aromatic rings. The van der Waals surface area contributed by atoms with Crippen molar-refractivity contribution in [1.29, 1.82) is 0 Å². The summed E-state index contributed by atoms with van der Waals surface area (Å²) in [5.41, 5.74) is 4.12. The van der Waals surface area contributed by atoms with E-state index in [9.17, 15) is 17.6 Å². The molecular formula is C13H15F4N. The van der Waals surface area contributed by atoms with Crippen LogP contribution in [-0.4, -0.2) is 0 Å². The van der Waals surface area contributed by atoms with Crippen molar-refractivity contribution < 1.29 is 17.6 Å². The number of hydrogen-bond donors (Lipinski definition) is 1. The molecule has 0 atom stereocenters. The highest BCUT2D eigenvalue weighted by molar-refractivity contribution is 5.36. The summed E-state index contributed by atoms with van der Waals surface area (Å²) in [6.07, 6.45) is -1.02. The maximum Gasteiger partial charge on any atom is 0.416 e. The molecule has 1 saturated carbocycles. The van der Waals surface area contributed by atoms with Crippen LogP contribution in [0.2, 0.25) is 0 Å². The van der Waals surface area contributed by atoms with Gasteiger partial charge in [0.15, 0.2) is 0 Å². The first kappa shape index (κ1) is 13.3. The molecule has 0 spiro atoms. The summed E-state index contributed by atoms with van der Waals surface area (Å²) in [6, 6.07) is 2.56. The second-order valence-corrected chi connectivity index (χ2v) is 4.90. The highest BCUT2D eigenvalue weighted by atomic mass is 19.4. The zero-order valence-corrected chi connectivity index (χ0v) is 9.86. The first-order valence-electron chi connectivity index (χ1n) is 5.99. The van der Waals surface area contributed by atoms with Crippen molar-refractivity contribution >= 4 is 0 Å². The standard InChI is InChI=1S/C13H15F4N/c14-9-4-5-10(13(15,16)17)11(8-9)12(18)6-2-1-3-7-12/h4-5,8H,1-3,6-7,18H2. The third-order valence-corrected chi connectivity index (χ3v) is 3.57. The van der Waals surface area contributed by atoms with Crippen LogP contribution in [0.25, 0.3) is 0 Å². The Kier molecular flexibility index (Phi) is 3.36. The lowest BCUT2D eigenvalue weighted by Crippen LogP contribution is -2.40. The third kappa shape index (κ3) is 2.51. The lowest BCUT2D eigenvalue weighted by molar-refractivity contribution is -0.139. The summed E-state index contributed by atoms with van der Waals surface area (Å²) in [4.78, 5) is 0. The summed E-state index contributed by atoms with van der Waals surface area (Å²) in [7, 11) is 0. The Morgan fingerprint density at radius 1 is 1.06 bits per heavy atom. The van der Waals surface area contributed by atoms with Crippen LogP contribution in [0.3, 0.4) is 0 Å². The molecule has 0 amide bonds. The number of rotatable bonds is 1. The Bertz CT molecular complexity index is 433. The van der Waals surface area contributed by atoms with E-state index in [1.54, 1.807) is 0 Å². The van der Waals surface area contributed by atoms with E-state index in [-0.39, 0.29) is 5.56 Å². The Hall–Kier alpha value is -1.10. The van der Waals surface area contributed by atoms with Gasteiger partial charge in [0.1, 0.15) is 5.82 Å². The number of hydrogen-bond acceptors (Lipinski definition) is 1. The van der Waals surface area contributed by atoms with Gasteiger partial charge >= 0.3 is 6.18 Å². The van der Waals surface area contributed by atoms with Gasteiger partial charge in [0.25, 0.3) is 0 Å². The molecule has 2 rings (SSSR count). The minimum Gasteiger partial charge on any atom is -0.321 e. The minimum absolute atomic E-state index is 0.102. The molecule has 2 N–H and O–H groups in total. The SMILES string of the molecule is NC1(c2cc(F)ccc2C(F)(F)F)CCCCC1. The second-order valence-electron chi connectivity index (χ2n) is 4.90.